The van der Waals surface area contributed by atoms with Gasteiger partial charge in [0.15, 0.2) is 0 Å². The predicted octanol–water partition coefficient (Wildman–Crippen LogP) is 1.97. The zero-order valence-corrected chi connectivity index (χ0v) is 11.8. The van der Waals surface area contributed by atoms with Crippen molar-refractivity contribution in [2.45, 2.75) is 20.3 Å². The Hall–Kier alpha value is -1.75. The fraction of sp³-hybridized carbons (Fsp3) is 0.500. The van der Waals surface area contributed by atoms with Crippen LogP contribution < -0.4 is 14.8 Å². The minimum absolute atomic E-state index is 0.167. The molecule has 1 atom stereocenters. The molecular formula is C14H21NO4. The molecule has 1 aromatic carbocycles. The Morgan fingerprint density at radius 2 is 2.05 bits per heavy atom. The molecule has 0 aromatic heterocycles. The molecule has 0 radical (unpaired) electrons. The Labute approximate surface area is 113 Å². The quantitative estimate of drug-likeness (QED) is 0.827. The van der Waals surface area contributed by atoms with Crippen molar-refractivity contribution in [1.82, 2.24) is 0 Å². The number of nitrogens with one attached hydrogen (secondary N) is 1. The van der Waals surface area contributed by atoms with Crippen LogP contribution in [-0.4, -0.2) is 31.8 Å². The molecule has 1 rings (SSSR count). The lowest BCUT2D eigenvalue weighted by Gasteiger charge is -2.17. The number of carbonyl (C=O) groups excluding carboxylic acids is 1. The highest BCUT2D eigenvalue weighted by molar-refractivity contribution is 5.95. The van der Waals surface area contributed by atoms with Crippen LogP contribution in [0.1, 0.15) is 18.9 Å². The molecule has 1 amide bonds. The van der Waals surface area contributed by atoms with E-state index in [0.29, 0.717) is 23.6 Å². The van der Waals surface area contributed by atoms with Crippen molar-refractivity contribution in [3.05, 3.63) is 17.7 Å². The van der Waals surface area contributed by atoms with E-state index < -0.39 is 5.92 Å². The summed E-state index contributed by atoms with van der Waals surface area (Å²) in [6, 6.07) is 3.53. The zero-order chi connectivity index (χ0) is 14.4. The molecule has 0 aliphatic heterocycles. The Balaban J connectivity index is 3.03. The van der Waals surface area contributed by atoms with Crippen molar-refractivity contribution in [1.29, 1.82) is 0 Å². The maximum Gasteiger partial charge on any atom is 0.229 e. The second kappa shape index (κ2) is 6.99. The largest absolute Gasteiger partial charge is 0.497 e. The van der Waals surface area contributed by atoms with Crippen LogP contribution in [0.25, 0.3) is 0 Å². The molecule has 2 N–H and O–H groups in total. The predicted molar refractivity (Wildman–Crippen MR) is 73.8 cm³/mol. The Bertz CT molecular complexity index is 441. The highest BCUT2D eigenvalue weighted by atomic mass is 16.5. The van der Waals surface area contributed by atoms with Crippen LogP contribution in [-0.2, 0) is 4.79 Å². The summed E-state index contributed by atoms with van der Waals surface area (Å²) in [5.74, 6) is 0.585. The first-order chi connectivity index (χ1) is 9.07. The number of benzene rings is 1. The van der Waals surface area contributed by atoms with Gasteiger partial charge in [-0.15, -0.1) is 0 Å². The normalized spacial score (nSPS) is 11.8. The maximum absolute atomic E-state index is 12.0. The van der Waals surface area contributed by atoms with Crippen molar-refractivity contribution >= 4 is 11.6 Å². The SMILES string of the molecule is CCC(CO)C(=O)Nc1c(C)cc(OC)cc1OC. The van der Waals surface area contributed by atoms with Gasteiger partial charge in [0, 0.05) is 6.07 Å². The summed E-state index contributed by atoms with van der Waals surface area (Å²) in [6.45, 7) is 3.55. The summed E-state index contributed by atoms with van der Waals surface area (Å²) in [4.78, 5) is 12.0. The van der Waals surface area contributed by atoms with E-state index in [9.17, 15) is 4.79 Å². The number of hydrogen-bond donors (Lipinski definition) is 2. The van der Waals surface area contributed by atoms with E-state index >= 15 is 0 Å². The van der Waals surface area contributed by atoms with E-state index in [-0.39, 0.29) is 12.5 Å². The third kappa shape index (κ3) is 3.61. The third-order valence-corrected chi connectivity index (χ3v) is 3.06. The van der Waals surface area contributed by atoms with Crippen molar-refractivity contribution in [3.63, 3.8) is 0 Å². The van der Waals surface area contributed by atoms with E-state index in [4.69, 9.17) is 14.6 Å². The van der Waals surface area contributed by atoms with Crippen molar-refractivity contribution < 1.29 is 19.4 Å². The molecular weight excluding hydrogens is 246 g/mol. The number of aryl methyl sites for hydroxylation is 1. The molecule has 19 heavy (non-hydrogen) atoms. The maximum atomic E-state index is 12.0. The molecule has 5 heteroatoms. The minimum Gasteiger partial charge on any atom is -0.497 e. The molecule has 0 saturated carbocycles. The van der Waals surface area contributed by atoms with Crippen LogP contribution >= 0.6 is 0 Å². The van der Waals surface area contributed by atoms with Crippen molar-refractivity contribution in [3.8, 4) is 11.5 Å². The van der Waals surface area contributed by atoms with Gasteiger partial charge in [0.25, 0.3) is 0 Å². The zero-order valence-electron chi connectivity index (χ0n) is 11.8. The van der Waals surface area contributed by atoms with Gasteiger partial charge in [-0.1, -0.05) is 6.92 Å². The molecule has 0 heterocycles. The molecule has 0 spiro atoms. The number of amides is 1. The number of ether oxygens (including phenoxy) is 2. The van der Waals surface area contributed by atoms with Gasteiger partial charge in [0.1, 0.15) is 11.5 Å². The molecule has 1 unspecified atom stereocenters. The molecule has 1 aromatic rings. The van der Waals surface area contributed by atoms with Gasteiger partial charge < -0.3 is 19.9 Å². The topological polar surface area (TPSA) is 67.8 Å². The van der Waals surface area contributed by atoms with E-state index in [1.807, 2.05) is 19.9 Å². The smallest absolute Gasteiger partial charge is 0.229 e. The van der Waals surface area contributed by atoms with Crippen LogP contribution in [0.4, 0.5) is 5.69 Å². The van der Waals surface area contributed by atoms with Gasteiger partial charge in [0.05, 0.1) is 32.4 Å². The molecule has 0 aliphatic rings. The summed E-state index contributed by atoms with van der Waals surface area (Å²) in [7, 11) is 3.11. The van der Waals surface area contributed by atoms with Gasteiger partial charge in [-0.05, 0) is 25.0 Å². The van der Waals surface area contributed by atoms with Gasteiger partial charge >= 0.3 is 0 Å². The molecule has 0 fully saturated rings. The summed E-state index contributed by atoms with van der Waals surface area (Å²) in [5.41, 5.74) is 1.46. The second-order valence-corrected chi connectivity index (χ2v) is 4.30. The first kappa shape index (κ1) is 15.3. The highest BCUT2D eigenvalue weighted by Crippen LogP contribution is 2.33. The van der Waals surface area contributed by atoms with Crippen LogP contribution in [0.3, 0.4) is 0 Å². The average Bonchev–Trinajstić information content (AvgIpc) is 2.42. The standard InChI is InChI=1S/C14H21NO4/c1-5-10(8-16)14(17)15-13-9(2)6-11(18-3)7-12(13)19-4/h6-7,10,16H,5,8H2,1-4H3,(H,15,17). The molecule has 0 saturated heterocycles. The number of anilines is 1. The lowest BCUT2D eigenvalue weighted by Crippen LogP contribution is -2.25. The van der Waals surface area contributed by atoms with Gasteiger partial charge in [-0.3, -0.25) is 4.79 Å². The number of rotatable bonds is 6. The van der Waals surface area contributed by atoms with E-state index in [1.165, 1.54) is 7.11 Å². The summed E-state index contributed by atoms with van der Waals surface area (Å²) >= 11 is 0. The summed E-state index contributed by atoms with van der Waals surface area (Å²) in [5, 5.41) is 11.9. The first-order valence-corrected chi connectivity index (χ1v) is 6.21. The first-order valence-electron chi connectivity index (χ1n) is 6.21. The lowest BCUT2D eigenvalue weighted by atomic mass is 10.1. The van der Waals surface area contributed by atoms with Crippen LogP contribution in [0.2, 0.25) is 0 Å². The molecule has 0 aliphatic carbocycles. The monoisotopic (exact) mass is 267 g/mol. The van der Waals surface area contributed by atoms with Crippen molar-refractivity contribution in [2.75, 3.05) is 26.1 Å². The highest BCUT2D eigenvalue weighted by Gasteiger charge is 2.18. The molecule has 106 valence electrons. The average molecular weight is 267 g/mol. The van der Waals surface area contributed by atoms with Gasteiger partial charge in [-0.25, -0.2) is 0 Å². The number of aliphatic hydroxyl groups excluding tert-OH is 1. The van der Waals surface area contributed by atoms with Gasteiger partial charge in [-0.2, -0.15) is 0 Å². The number of methoxy groups -OCH3 is 2. The molecule has 0 bridgehead atoms. The minimum atomic E-state index is -0.411. The van der Waals surface area contributed by atoms with Gasteiger partial charge in [0.2, 0.25) is 5.91 Å². The fourth-order valence-corrected chi connectivity index (χ4v) is 1.78. The number of hydrogen-bond acceptors (Lipinski definition) is 4. The molecule has 5 nitrogen and oxygen atoms in total. The Morgan fingerprint density at radius 3 is 2.53 bits per heavy atom. The van der Waals surface area contributed by atoms with Crippen molar-refractivity contribution in [2.24, 2.45) is 5.92 Å². The fourth-order valence-electron chi connectivity index (χ4n) is 1.78. The van der Waals surface area contributed by atoms with E-state index in [2.05, 4.69) is 5.32 Å². The lowest BCUT2D eigenvalue weighted by molar-refractivity contribution is -0.121. The summed E-state index contributed by atoms with van der Waals surface area (Å²) < 4.78 is 10.4. The second-order valence-electron chi connectivity index (χ2n) is 4.30. The van der Waals surface area contributed by atoms with E-state index in [0.717, 1.165) is 5.56 Å². The van der Waals surface area contributed by atoms with Crippen LogP contribution in [0, 0.1) is 12.8 Å². The van der Waals surface area contributed by atoms with Crippen LogP contribution in [0.15, 0.2) is 12.1 Å². The Kier molecular flexibility index (Phi) is 5.63. The number of aliphatic hydroxyl groups is 1. The summed E-state index contributed by atoms with van der Waals surface area (Å²) in [6.07, 6.45) is 0.583. The van der Waals surface area contributed by atoms with E-state index in [1.54, 1.807) is 13.2 Å². The van der Waals surface area contributed by atoms with Crippen LogP contribution in [0.5, 0.6) is 11.5 Å². The third-order valence-electron chi connectivity index (χ3n) is 3.06. The Morgan fingerprint density at radius 1 is 1.37 bits per heavy atom. The number of carbonyl (C=O) groups is 1.